The lowest BCUT2D eigenvalue weighted by Crippen LogP contribution is -2.01. The number of rotatable bonds is 2. The van der Waals surface area contributed by atoms with E-state index in [-0.39, 0.29) is 5.69 Å². The van der Waals surface area contributed by atoms with Gasteiger partial charge in [0.25, 0.3) is 0 Å². The predicted octanol–water partition coefficient (Wildman–Crippen LogP) is 2.76. The fourth-order valence-electron chi connectivity index (χ4n) is 0.796. The number of carboxylic acid groups (broad SMARTS) is 1. The molecular formula is C11H17NO2. The van der Waals surface area contributed by atoms with E-state index in [1.807, 2.05) is 13.0 Å². The van der Waals surface area contributed by atoms with Crippen molar-refractivity contribution in [2.75, 3.05) is 0 Å². The van der Waals surface area contributed by atoms with E-state index < -0.39 is 5.97 Å². The maximum absolute atomic E-state index is 10.4. The Hall–Kier alpha value is -1.38. The van der Waals surface area contributed by atoms with Gasteiger partial charge < -0.3 is 5.11 Å². The minimum absolute atomic E-state index is 0.115. The van der Waals surface area contributed by atoms with E-state index in [1.165, 1.54) is 12.5 Å². The number of nitrogens with zero attached hydrogens (tertiary/aromatic N) is 1. The number of pyridine rings is 1. The van der Waals surface area contributed by atoms with Crippen LogP contribution in [0, 0.1) is 0 Å². The third kappa shape index (κ3) is 4.60. The normalized spacial score (nSPS) is 8.79. The Bertz CT molecular complexity index is 284. The molecule has 0 unspecified atom stereocenters. The smallest absolute Gasteiger partial charge is 0.354 e. The van der Waals surface area contributed by atoms with Crippen LogP contribution in [-0.4, -0.2) is 16.1 Å². The number of aromatic carboxylic acids is 1. The SMILES string of the molecule is CCC.CCc1cccc(C(=O)O)n1. The maximum atomic E-state index is 10.4. The van der Waals surface area contributed by atoms with Gasteiger partial charge in [-0.25, -0.2) is 9.78 Å². The van der Waals surface area contributed by atoms with Crippen molar-refractivity contribution in [3.8, 4) is 0 Å². The molecule has 1 aromatic rings. The number of hydrogen-bond acceptors (Lipinski definition) is 2. The van der Waals surface area contributed by atoms with Crippen molar-refractivity contribution in [1.82, 2.24) is 4.98 Å². The minimum Gasteiger partial charge on any atom is -0.477 e. The van der Waals surface area contributed by atoms with Crippen LogP contribution in [-0.2, 0) is 6.42 Å². The van der Waals surface area contributed by atoms with Crippen molar-refractivity contribution in [1.29, 1.82) is 0 Å². The first-order valence-corrected chi connectivity index (χ1v) is 4.84. The van der Waals surface area contributed by atoms with Gasteiger partial charge in [-0.05, 0) is 18.6 Å². The molecule has 0 radical (unpaired) electrons. The summed E-state index contributed by atoms with van der Waals surface area (Å²) in [6.45, 7) is 6.19. The Kier molecular flexibility index (Phi) is 6.37. The first-order chi connectivity index (χ1) is 6.65. The van der Waals surface area contributed by atoms with Gasteiger partial charge in [0.1, 0.15) is 5.69 Å². The average molecular weight is 195 g/mol. The van der Waals surface area contributed by atoms with Crippen LogP contribution in [0.15, 0.2) is 18.2 Å². The summed E-state index contributed by atoms with van der Waals surface area (Å²) in [6, 6.07) is 5.00. The first-order valence-electron chi connectivity index (χ1n) is 4.84. The topological polar surface area (TPSA) is 50.2 Å². The van der Waals surface area contributed by atoms with Crippen LogP contribution in [0.5, 0.6) is 0 Å². The maximum Gasteiger partial charge on any atom is 0.354 e. The molecule has 0 saturated carbocycles. The molecule has 0 aliphatic rings. The molecule has 3 nitrogen and oxygen atoms in total. The highest BCUT2D eigenvalue weighted by Crippen LogP contribution is 1.99. The van der Waals surface area contributed by atoms with E-state index in [0.29, 0.717) is 0 Å². The minimum atomic E-state index is -0.972. The van der Waals surface area contributed by atoms with E-state index in [4.69, 9.17) is 5.11 Å². The van der Waals surface area contributed by atoms with Gasteiger partial charge in [0.2, 0.25) is 0 Å². The summed E-state index contributed by atoms with van der Waals surface area (Å²) >= 11 is 0. The molecule has 0 amide bonds. The summed E-state index contributed by atoms with van der Waals surface area (Å²) in [7, 11) is 0. The molecule has 78 valence electrons. The molecule has 1 rings (SSSR count). The van der Waals surface area contributed by atoms with Gasteiger partial charge in [0.05, 0.1) is 0 Å². The highest BCUT2D eigenvalue weighted by atomic mass is 16.4. The molecule has 1 heterocycles. The Labute approximate surface area is 84.8 Å². The number of carbonyl (C=O) groups is 1. The Morgan fingerprint density at radius 3 is 2.36 bits per heavy atom. The van der Waals surface area contributed by atoms with Crippen molar-refractivity contribution in [2.45, 2.75) is 33.6 Å². The van der Waals surface area contributed by atoms with Gasteiger partial charge >= 0.3 is 5.97 Å². The quantitative estimate of drug-likeness (QED) is 0.789. The number of hydrogen-bond donors (Lipinski definition) is 1. The summed E-state index contributed by atoms with van der Waals surface area (Å²) in [6.07, 6.45) is 2.02. The lowest BCUT2D eigenvalue weighted by molar-refractivity contribution is 0.0690. The van der Waals surface area contributed by atoms with Crippen LogP contribution in [0.2, 0.25) is 0 Å². The van der Waals surface area contributed by atoms with Crippen molar-refractivity contribution in [3.05, 3.63) is 29.6 Å². The fourth-order valence-corrected chi connectivity index (χ4v) is 0.796. The average Bonchev–Trinajstić information content (AvgIpc) is 2.19. The van der Waals surface area contributed by atoms with E-state index in [2.05, 4.69) is 18.8 Å². The molecule has 0 bridgehead atoms. The number of aromatic nitrogens is 1. The van der Waals surface area contributed by atoms with Crippen LogP contribution >= 0.6 is 0 Å². The third-order valence-electron chi connectivity index (χ3n) is 1.39. The second kappa shape index (κ2) is 7.06. The van der Waals surface area contributed by atoms with Gasteiger partial charge in [-0.1, -0.05) is 33.3 Å². The van der Waals surface area contributed by atoms with Gasteiger partial charge in [-0.2, -0.15) is 0 Å². The van der Waals surface area contributed by atoms with Crippen LogP contribution in [0.3, 0.4) is 0 Å². The third-order valence-corrected chi connectivity index (χ3v) is 1.39. The highest BCUT2D eigenvalue weighted by Gasteiger charge is 2.02. The predicted molar refractivity (Wildman–Crippen MR) is 56.5 cm³/mol. The zero-order valence-electron chi connectivity index (χ0n) is 8.95. The molecule has 0 spiro atoms. The summed E-state index contributed by atoms with van der Waals surface area (Å²) in [4.78, 5) is 14.3. The lowest BCUT2D eigenvalue weighted by Gasteiger charge is -1.96. The standard InChI is InChI=1S/C8H9NO2.C3H8/c1-2-6-4-3-5-7(9-6)8(10)11;1-3-2/h3-5H,2H2,1H3,(H,10,11);3H2,1-2H3. The summed E-state index contributed by atoms with van der Waals surface area (Å²) in [5, 5.41) is 8.54. The molecule has 0 atom stereocenters. The lowest BCUT2D eigenvalue weighted by atomic mass is 10.2. The number of aryl methyl sites for hydroxylation is 1. The zero-order chi connectivity index (χ0) is 11.0. The first kappa shape index (κ1) is 12.6. The number of carboxylic acids is 1. The van der Waals surface area contributed by atoms with Crippen molar-refractivity contribution in [3.63, 3.8) is 0 Å². The van der Waals surface area contributed by atoms with Crippen LogP contribution in [0.25, 0.3) is 0 Å². The molecule has 0 fully saturated rings. The van der Waals surface area contributed by atoms with Crippen LogP contribution in [0.1, 0.15) is 43.4 Å². The molecule has 0 aromatic carbocycles. The van der Waals surface area contributed by atoms with Crippen molar-refractivity contribution >= 4 is 5.97 Å². The van der Waals surface area contributed by atoms with E-state index >= 15 is 0 Å². The summed E-state index contributed by atoms with van der Waals surface area (Å²) in [5.74, 6) is -0.972. The highest BCUT2D eigenvalue weighted by molar-refractivity contribution is 5.85. The fraction of sp³-hybridized carbons (Fsp3) is 0.455. The Morgan fingerprint density at radius 2 is 1.93 bits per heavy atom. The van der Waals surface area contributed by atoms with Crippen molar-refractivity contribution < 1.29 is 9.90 Å². The second-order valence-corrected chi connectivity index (χ2v) is 2.88. The van der Waals surface area contributed by atoms with E-state index in [0.717, 1.165) is 12.1 Å². The van der Waals surface area contributed by atoms with Gasteiger partial charge in [-0.15, -0.1) is 0 Å². The zero-order valence-corrected chi connectivity index (χ0v) is 8.95. The van der Waals surface area contributed by atoms with Gasteiger partial charge in [-0.3, -0.25) is 0 Å². The Morgan fingerprint density at radius 1 is 1.36 bits per heavy atom. The summed E-state index contributed by atoms with van der Waals surface area (Å²) in [5.41, 5.74) is 0.925. The molecule has 0 aliphatic heterocycles. The molecule has 1 N–H and O–H groups in total. The molecule has 3 heteroatoms. The molecule has 14 heavy (non-hydrogen) atoms. The second-order valence-electron chi connectivity index (χ2n) is 2.88. The molecule has 1 aromatic heterocycles. The van der Waals surface area contributed by atoms with Gasteiger partial charge in [0.15, 0.2) is 0 Å². The molecular weight excluding hydrogens is 178 g/mol. The largest absolute Gasteiger partial charge is 0.477 e. The van der Waals surface area contributed by atoms with Gasteiger partial charge in [0, 0.05) is 5.69 Å². The molecule has 0 aliphatic carbocycles. The van der Waals surface area contributed by atoms with E-state index in [9.17, 15) is 4.79 Å². The summed E-state index contributed by atoms with van der Waals surface area (Å²) < 4.78 is 0. The van der Waals surface area contributed by atoms with Crippen LogP contribution in [0.4, 0.5) is 0 Å². The van der Waals surface area contributed by atoms with Crippen molar-refractivity contribution in [2.24, 2.45) is 0 Å². The monoisotopic (exact) mass is 195 g/mol. The Balaban J connectivity index is 0.000000500. The van der Waals surface area contributed by atoms with Crippen LogP contribution < -0.4 is 0 Å². The van der Waals surface area contributed by atoms with E-state index in [1.54, 1.807) is 6.07 Å². The molecule has 0 saturated heterocycles.